The number of hydrogen-bond acceptors (Lipinski definition) is 4. The van der Waals surface area contributed by atoms with Crippen molar-refractivity contribution in [3.63, 3.8) is 0 Å². The van der Waals surface area contributed by atoms with E-state index in [0.717, 1.165) is 37.6 Å². The Morgan fingerprint density at radius 1 is 1.37 bits per heavy atom. The number of likely N-dealkylation sites (N-methyl/N-ethyl adjacent to an activating group) is 1. The molecule has 0 radical (unpaired) electrons. The third-order valence-electron chi connectivity index (χ3n) is 3.75. The van der Waals surface area contributed by atoms with Crippen molar-refractivity contribution in [3.05, 3.63) is 5.01 Å². The van der Waals surface area contributed by atoms with Crippen molar-refractivity contribution in [2.75, 3.05) is 38.5 Å². The lowest BCUT2D eigenvalue weighted by molar-refractivity contribution is -1.01. The van der Waals surface area contributed by atoms with Crippen molar-refractivity contribution < 1.29 is 14.6 Å². The Kier molecular flexibility index (Phi) is 4.84. The van der Waals surface area contributed by atoms with Gasteiger partial charge < -0.3 is 9.80 Å². The topological polar surface area (TPSA) is 63.8 Å². The van der Waals surface area contributed by atoms with Gasteiger partial charge in [-0.25, -0.2) is 0 Å². The van der Waals surface area contributed by atoms with E-state index in [-0.39, 0.29) is 11.9 Å². The predicted octanol–water partition coefficient (Wildman–Crippen LogP) is -2.16. The second kappa shape index (κ2) is 6.40. The zero-order chi connectivity index (χ0) is 13.8. The Bertz CT molecular complexity index is 428. The molecule has 19 heavy (non-hydrogen) atoms. The van der Waals surface area contributed by atoms with Crippen LogP contribution in [0.4, 0.5) is 5.13 Å². The van der Waals surface area contributed by atoms with Gasteiger partial charge in [0.2, 0.25) is 5.13 Å². The number of quaternary nitrogens is 2. The molecule has 6 nitrogen and oxygen atoms in total. The zero-order valence-electron chi connectivity index (χ0n) is 11.8. The number of nitrogens with one attached hydrogen (secondary N) is 3. The molecule has 0 saturated carbocycles. The van der Waals surface area contributed by atoms with Gasteiger partial charge in [-0.15, -0.1) is 10.2 Å². The van der Waals surface area contributed by atoms with Crippen LogP contribution < -0.4 is 15.1 Å². The molecule has 0 aliphatic carbocycles. The Hall–Kier alpha value is -1.05. The number of carbonyl (C=O) groups excluding carboxylic acids is 1. The van der Waals surface area contributed by atoms with Crippen molar-refractivity contribution in [2.45, 2.75) is 26.3 Å². The van der Waals surface area contributed by atoms with Gasteiger partial charge in [-0.05, 0) is 13.3 Å². The van der Waals surface area contributed by atoms with Crippen LogP contribution in [0.25, 0.3) is 0 Å². The highest BCUT2D eigenvalue weighted by Gasteiger charge is 2.30. The number of piperazine rings is 1. The largest absolute Gasteiger partial charge is 0.328 e. The number of aryl methyl sites for hydroxylation is 1. The molecule has 1 amide bonds. The van der Waals surface area contributed by atoms with E-state index in [1.165, 1.54) is 16.2 Å². The lowest BCUT2D eigenvalue weighted by Gasteiger charge is -2.30. The monoisotopic (exact) mass is 285 g/mol. The van der Waals surface area contributed by atoms with E-state index in [9.17, 15) is 4.79 Å². The van der Waals surface area contributed by atoms with Crippen LogP contribution in [0, 0.1) is 0 Å². The second-order valence-electron chi connectivity index (χ2n) is 5.18. The maximum atomic E-state index is 12.2. The highest BCUT2D eigenvalue weighted by molar-refractivity contribution is 7.15. The van der Waals surface area contributed by atoms with Gasteiger partial charge in [0.05, 0.1) is 7.05 Å². The molecule has 1 aliphatic heterocycles. The summed E-state index contributed by atoms with van der Waals surface area (Å²) in [5.74, 6) is 0.0494. The van der Waals surface area contributed by atoms with Gasteiger partial charge in [0, 0.05) is 0 Å². The lowest BCUT2D eigenvalue weighted by atomic mass is 10.2. The quantitative estimate of drug-likeness (QED) is 0.591. The number of hydrogen-bond donors (Lipinski definition) is 3. The van der Waals surface area contributed by atoms with Gasteiger partial charge in [-0.1, -0.05) is 18.3 Å². The van der Waals surface area contributed by atoms with Crippen LogP contribution in [0.5, 0.6) is 0 Å². The SMILES string of the molecule is CCc1nnc(NC(=O)[C@@H](C)[NH+]2CC[NH+](C)CC2)s1. The first kappa shape index (κ1) is 14.4. The molecule has 1 atom stereocenters. The number of aromatic nitrogens is 2. The minimum absolute atomic E-state index is 0.0259. The smallest absolute Gasteiger partial charge is 0.284 e. The molecule has 0 aromatic carbocycles. The molecule has 7 heteroatoms. The van der Waals surface area contributed by atoms with Crippen molar-refractivity contribution in [3.8, 4) is 0 Å². The molecule has 0 bridgehead atoms. The average molecular weight is 285 g/mol. The molecular weight excluding hydrogens is 262 g/mol. The highest BCUT2D eigenvalue weighted by Crippen LogP contribution is 2.15. The van der Waals surface area contributed by atoms with Crippen LogP contribution in [0.2, 0.25) is 0 Å². The maximum absolute atomic E-state index is 12.2. The van der Waals surface area contributed by atoms with Crippen LogP contribution in [-0.2, 0) is 11.2 Å². The zero-order valence-corrected chi connectivity index (χ0v) is 12.6. The predicted molar refractivity (Wildman–Crippen MR) is 74.7 cm³/mol. The molecule has 1 fully saturated rings. The van der Waals surface area contributed by atoms with E-state index in [1.54, 1.807) is 4.90 Å². The van der Waals surface area contributed by atoms with Crippen LogP contribution in [0.3, 0.4) is 0 Å². The number of amides is 1. The van der Waals surface area contributed by atoms with Gasteiger partial charge >= 0.3 is 0 Å². The number of carbonyl (C=O) groups is 1. The first-order valence-electron chi connectivity index (χ1n) is 6.89. The molecule has 1 saturated heterocycles. The molecule has 3 N–H and O–H groups in total. The summed E-state index contributed by atoms with van der Waals surface area (Å²) in [6.07, 6.45) is 0.857. The summed E-state index contributed by atoms with van der Waals surface area (Å²) >= 11 is 1.46. The van der Waals surface area contributed by atoms with Crippen molar-refractivity contribution in [1.82, 2.24) is 10.2 Å². The van der Waals surface area contributed by atoms with Crippen LogP contribution >= 0.6 is 11.3 Å². The average Bonchev–Trinajstić information content (AvgIpc) is 2.86. The molecular formula is C12H23N5OS+2. The number of nitrogens with zero attached hydrogens (tertiary/aromatic N) is 2. The van der Waals surface area contributed by atoms with Crippen LogP contribution in [0.1, 0.15) is 18.9 Å². The maximum Gasteiger partial charge on any atom is 0.284 e. The van der Waals surface area contributed by atoms with Gasteiger partial charge in [-0.3, -0.25) is 10.1 Å². The van der Waals surface area contributed by atoms with Gasteiger partial charge in [0.1, 0.15) is 31.2 Å². The molecule has 1 aromatic heterocycles. The van der Waals surface area contributed by atoms with Gasteiger partial charge in [0.15, 0.2) is 6.04 Å². The van der Waals surface area contributed by atoms with Crippen molar-refractivity contribution >= 4 is 22.4 Å². The Morgan fingerprint density at radius 2 is 2.05 bits per heavy atom. The molecule has 0 spiro atoms. The van der Waals surface area contributed by atoms with Gasteiger partial charge in [-0.2, -0.15) is 0 Å². The number of anilines is 1. The van der Waals surface area contributed by atoms with E-state index in [0.29, 0.717) is 5.13 Å². The Labute approximate surface area is 117 Å². The first-order valence-corrected chi connectivity index (χ1v) is 7.71. The van der Waals surface area contributed by atoms with Crippen LogP contribution in [0.15, 0.2) is 0 Å². The minimum Gasteiger partial charge on any atom is -0.328 e. The molecule has 1 aliphatic rings. The minimum atomic E-state index is -0.0259. The summed E-state index contributed by atoms with van der Waals surface area (Å²) in [6.45, 7) is 8.39. The normalized spacial score (nSPS) is 25.0. The van der Waals surface area contributed by atoms with E-state index in [4.69, 9.17) is 0 Å². The summed E-state index contributed by atoms with van der Waals surface area (Å²) in [4.78, 5) is 15.1. The third kappa shape index (κ3) is 3.71. The van der Waals surface area contributed by atoms with Gasteiger partial charge in [0.25, 0.3) is 5.91 Å². The molecule has 0 unspecified atom stereocenters. The summed E-state index contributed by atoms with van der Waals surface area (Å²) < 4.78 is 0. The fourth-order valence-electron chi connectivity index (χ4n) is 2.28. The summed E-state index contributed by atoms with van der Waals surface area (Å²) in [5.41, 5.74) is 0. The summed E-state index contributed by atoms with van der Waals surface area (Å²) in [7, 11) is 2.20. The summed E-state index contributed by atoms with van der Waals surface area (Å²) in [5, 5.41) is 12.5. The summed E-state index contributed by atoms with van der Waals surface area (Å²) in [6, 6.07) is -0.0259. The standard InChI is InChI=1S/C12H21N5OS/c1-4-10-14-15-12(19-10)13-11(18)9(2)17-7-5-16(3)6-8-17/h9H,4-8H2,1-3H3,(H,13,15,18)/p+2/t9-/m1/s1. The molecule has 106 valence electrons. The van der Waals surface area contributed by atoms with E-state index in [2.05, 4.69) is 22.6 Å². The van der Waals surface area contributed by atoms with Crippen LogP contribution in [-0.4, -0.2) is 55.4 Å². The van der Waals surface area contributed by atoms with Crippen molar-refractivity contribution in [1.29, 1.82) is 0 Å². The second-order valence-corrected chi connectivity index (χ2v) is 6.24. The van der Waals surface area contributed by atoms with E-state index in [1.807, 2.05) is 13.8 Å². The molecule has 2 rings (SSSR count). The number of rotatable bonds is 4. The highest BCUT2D eigenvalue weighted by atomic mass is 32.1. The fraction of sp³-hybridized carbons (Fsp3) is 0.750. The van der Waals surface area contributed by atoms with Crippen molar-refractivity contribution in [2.24, 2.45) is 0 Å². The third-order valence-corrected chi connectivity index (χ3v) is 4.73. The first-order chi connectivity index (χ1) is 9.10. The Morgan fingerprint density at radius 3 is 2.63 bits per heavy atom. The van der Waals surface area contributed by atoms with E-state index >= 15 is 0 Å². The lowest BCUT2D eigenvalue weighted by Crippen LogP contribution is -3.29. The fourth-order valence-corrected chi connectivity index (χ4v) is 2.96. The molecule has 2 heterocycles. The van der Waals surface area contributed by atoms with E-state index < -0.39 is 0 Å². The Balaban J connectivity index is 1.88. The molecule has 1 aromatic rings.